The molecule has 3 aromatic rings. The summed E-state index contributed by atoms with van der Waals surface area (Å²) in [5.41, 5.74) is 5.01. The summed E-state index contributed by atoms with van der Waals surface area (Å²) in [7, 11) is 0. The molecule has 1 amide bonds. The average molecular weight is 398 g/mol. The molecule has 0 radical (unpaired) electrons. The molecule has 1 aromatic carbocycles. The molecule has 3 heterocycles. The number of benzene rings is 1. The molecule has 150 valence electrons. The first kappa shape index (κ1) is 18.3. The molecular weight excluding hydrogens is 376 g/mol. The topological polar surface area (TPSA) is 86.8 Å². The van der Waals surface area contributed by atoms with Gasteiger partial charge in [0.2, 0.25) is 0 Å². The van der Waals surface area contributed by atoms with Gasteiger partial charge in [-0.05, 0) is 38.0 Å². The second kappa shape index (κ2) is 7.26. The summed E-state index contributed by atoms with van der Waals surface area (Å²) >= 11 is 0. The maximum atomic E-state index is 13.6. The number of carbonyl (C=O) groups excluding carboxylic acids is 1. The van der Waals surface area contributed by atoms with Crippen molar-refractivity contribution >= 4 is 28.6 Å². The van der Waals surface area contributed by atoms with Crippen molar-refractivity contribution in [1.82, 2.24) is 19.9 Å². The van der Waals surface area contributed by atoms with E-state index in [0.29, 0.717) is 17.0 Å². The Morgan fingerprint density at radius 2 is 2.03 bits per heavy atom. The first-order valence-corrected chi connectivity index (χ1v) is 10.0. The van der Waals surface area contributed by atoms with Crippen molar-refractivity contribution in [3.8, 4) is 0 Å². The van der Waals surface area contributed by atoms with E-state index in [1.807, 2.05) is 55.2 Å². The lowest BCUT2D eigenvalue weighted by Gasteiger charge is -2.38. The second-order valence-electron chi connectivity index (χ2n) is 7.60. The Labute approximate surface area is 174 Å². The number of carbonyl (C=O) groups is 1. The zero-order valence-electron chi connectivity index (χ0n) is 16.8. The number of aromatic amines is 1. The van der Waals surface area contributed by atoms with Gasteiger partial charge in [-0.15, -0.1) is 0 Å². The predicted molar refractivity (Wildman–Crippen MR) is 117 cm³/mol. The van der Waals surface area contributed by atoms with Crippen LogP contribution in [0.5, 0.6) is 0 Å². The second-order valence-corrected chi connectivity index (χ2v) is 7.60. The van der Waals surface area contributed by atoms with E-state index in [1.54, 1.807) is 6.33 Å². The lowest BCUT2D eigenvalue weighted by Crippen LogP contribution is -2.43. The quantitative estimate of drug-likeness (QED) is 0.694. The molecule has 0 saturated carbocycles. The number of amides is 1. The number of rotatable bonds is 4. The molecule has 0 fully saturated rings. The van der Waals surface area contributed by atoms with Gasteiger partial charge < -0.3 is 10.3 Å². The molecule has 0 spiro atoms. The maximum Gasteiger partial charge on any atom is 0.259 e. The SMILES string of the molecule is CC1=C2C(=O)N(c3ccccc3)C([C@H](C)Nc3ncnc4[nH]cnc34)=CC2CC=C1. The molecule has 1 aliphatic carbocycles. The van der Waals surface area contributed by atoms with E-state index < -0.39 is 0 Å². The highest BCUT2D eigenvalue weighted by atomic mass is 16.2. The summed E-state index contributed by atoms with van der Waals surface area (Å²) in [5.74, 6) is 0.750. The van der Waals surface area contributed by atoms with Crippen molar-refractivity contribution in [2.24, 2.45) is 5.92 Å². The third-order valence-corrected chi connectivity index (χ3v) is 5.65. The van der Waals surface area contributed by atoms with Crippen LogP contribution in [0.1, 0.15) is 20.3 Å². The van der Waals surface area contributed by atoms with Crippen LogP contribution >= 0.6 is 0 Å². The van der Waals surface area contributed by atoms with Crippen molar-refractivity contribution in [1.29, 1.82) is 0 Å². The molecule has 0 saturated heterocycles. The molecule has 7 nitrogen and oxygen atoms in total. The van der Waals surface area contributed by atoms with E-state index in [0.717, 1.165) is 29.0 Å². The van der Waals surface area contributed by atoms with Crippen molar-refractivity contribution in [2.45, 2.75) is 26.3 Å². The Kier molecular flexibility index (Phi) is 4.43. The van der Waals surface area contributed by atoms with Gasteiger partial charge in [0, 0.05) is 22.9 Å². The molecule has 30 heavy (non-hydrogen) atoms. The van der Waals surface area contributed by atoms with Crippen molar-refractivity contribution in [3.63, 3.8) is 0 Å². The van der Waals surface area contributed by atoms with Crippen LogP contribution in [0.15, 0.2) is 78.1 Å². The minimum Gasteiger partial charge on any atom is -0.360 e. The van der Waals surface area contributed by atoms with Gasteiger partial charge in [0.05, 0.1) is 12.4 Å². The number of nitrogens with one attached hydrogen (secondary N) is 2. The Bertz CT molecular complexity index is 1210. The van der Waals surface area contributed by atoms with Crippen LogP contribution in [0.3, 0.4) is 0 Å². The number of anilines is 2. The molecule has 2 aromatic heterocycles. The fourth-order valence-corrected chi connectivity index (χ4v) is 4.22. The minimum atomic E-state index is -0.170. The first-order chi connectivity index (χ1) is 14.6. The number of aromatic nitrogens is 4. The van der Waals surface area contributed by atoms with E-state index in [1.165, 1.54) is 6.33 Å². The first-order valence-electron chi connectivity index (χ1n) is 10.0. The molecule has 2 aliphatic rings. The smallest absolute Gasteiger partial charge is 0.259 e. The number of imidazole rings is 1. The molecule has 2 N–H and O–H groups in total. The van der Waals surface area contributed by atoms with Gasteiger partial charge >= 0.3 is 0 Å². The zero-order chi connectivity index (χ0) is 20.7. The van der Waals surface area contributed by atoms with Crippen LogP contribution in [0, 0.1) is 5.92 Å². The average Bonchev–Trinajstić information content (AvgIpc) is 3.24. The summed E-state index contributed by atoms with van der Waals surface area (Å²) in [6.45, 7) is 4.05. The number of allylic oxidation sites excluding steroid dienone is 4. The third kappa shape index (κ3) is 2.99. The van der Waals surface area contributed by atoms with Crippen LogP contribution in [-0.2, 0) is 4.79 Å². The normalized spacial score (nSPS) is 19.7. The molecular formula is C23H22N6O. The largest absolute Gasteiger partial charge is 0.360 e. The van der Waals surface area contributed by atoms with E-state index in [9.17, 15) is 4.79 Å². The summed E-state index contributed by atoms with van der Waals surface area (Å²) in [6, 6.07) is 9.61. The summed E-state index contributed by atoms with van der Waals surface area (Å²) in [4.78, 5) is 31.3. The van der Waals surface area contributed by atoms with Gasteiger partial charge in [-0.2, -0.15) is 0 Å². The highest BCUT2D eigenvalue weighted by molar-refractivity contribution is 6.10. The lowest BCUT2D eigenvalue weighted by molar-refractivity contribution is -0.115. The predicted octanol–water partition coefficient (Wildman–Crippen LogP) is 3.98. The van der Waals surface area contributed by atoms with E-state index in [4.69, 9.17) is 0 Å². The number of fused-ring (bicyclic) bond motifs is 2. The van der Waals surface area contributed by atoms with Crippen molar-refractivity contribution in [2.75, 3.05) is 10.2 Å². The van der Waals surface area contributed by atoms with Gasteiger partial charge in [0.1, 0.15) is 11.8 Å². The molecule has 2 atom stereocenters. The third-order valence-electron chi connectivity index (χ3n) is 5.65. The van der Waals surface area contributed by atoms with Gasteiger partial charge in [-0.3, -0.25) is 9.69 Å². The standard InChI is InChI=1S/C23H22N6O/c1-14-7-6-8-16-11-18(29(23(30)19(14)16)17-9-4-3-5-10-17)15(2)28-22-20-21(25-12-24-20)26-13-27-22/h3-7,9-13,15-16H,8H2,1-2H3,(H2,24,25,26,27,28)/t15-,16?/m0/s1. The summed E-state index contributed by atoms with van der Waals surface area (Å²) in [6.07, 6.45) is 10.3. The Morgan fingerprint density at radius 3 is 2.87 bits per heavy atom. The van der Waals surface area contributed by atoms with E-state index in [-0.39, 0.29) is 17.9 Å². The number of nitrogens with zero attached hydrogens (tertiary/aromatic N) is 4. The maximum absolute atomic E-state index is 13.6. The number of hydrogen-bond donors (Lipinski definition) is 2. The minimum absolute atomic E-state index is 0.0341. The Hall–Kier alpha value is -3.74. The number of H-pyrrole nitrogens is 1. The highest BCUT2D eigenvalue weighted by Crippen LogP contribution is 2.38. The molecule has 1 aliphatic heterocycles. The number of para-hydroxylation sites is 1. The van der Waals surface area contributed by atoms with Crippen LogP contribution in [0.2, 0.25) is 0 Å². The van der Waals surface area contributed by atoms with Crippen LogP contribution in [-0.4, -0.2) is 31.9 Å². The van der Waals surface area contributed by atoms with Crippen LogP contribution < -0.4 is 10.2 Å². The van der Waals surface area contributed by atoms with Gasteiger partial charge in [0.25, 0.3) is 5.91 Å². The Balaban J connectivity index is 1.58. The molecule has 7 heteroatoms. The van der Waals surface area contributed by atoms with Gasteiger partial charge in [-0.1, -0.05) is 36.4 Å². The molecule has 1 unspecified atom stereocenters. The molecule has 0 bridgehead atoms. The van der Waals surface area contributed by atoms with E-state index in [2.05, 4.69) is 37.4 Å². The Morgan fingerprint density at radius 1 is 1.20 bits per heavy atom. The fraction of sp³-hybridized carbons (Fsp3) is 0.217. The van der Waals surface area contributed by atoms with Crippen molar-refractivity contribution in [3.05, 3.63) is 78.1 Å². The monoisotopic (exact) mass is 398 g/mol. The van der Waals surface area contributed by atoms with Crippen LogP contribution in [0.4, 0.5) is 11.5 Å². The summed E-state index contributed by atoms with van der Waals surface area (Å²) < 4.78 is 0. The van der Waals surface area contributed by atoms with Crippen molar-refractivity contribution < 1.29 is 4.79 Å². The van der Waals surface area contributed by atoms with Gasteiger partial charge in [-0.25, -0.2) is 15.0 Å². The van der Waals surface area contributed by atoms with Crippen LogP contribution in [0.25, 0.3) is 11.2 Å². The number of hydrogen-bond acceptors (Lipinski definition) is 5. The highest BCUT2D eigenvalue weighted by Gasteiger charge is 2.36. The fourth-order valence-electron chi connectivity index (χ4n) is 4.22. The van der Waals surface area contributed by atoms with Gasteiger partial charge in [0.15, 0.2) is 11.5 Å². The summed E-state index contributed by atoms with van der Waals surface area (Å²) in [5, 5.41) is 3.44. The van der Waals surface area contributed by atoms with E-state index >= 15 is 0 Å². The molecule has 5 rings (SSSR count). The lowest BCUT2D eigenvalue weighted by atomic mass is 9.82. The zero-order valence-corrected chi connectivity index (χ0v) is 16.8.